The standard InChI is InChI=1S/C18H29NO5/c1-14(2)16(8-9-19(20)21)12-15-6-7-17(23-4)18(13-15)24-11-5-10-22-3/h6-7,13-14,16H,5,8-12H2,1-4H3. The van der Waals surface area contributed by atoms with E-state index in [9.17, 15) is 10.1 Å². The molecular weight excluding hydrogens is 310 g/mol. The predicted octanol–water partition coefficient (Wildman–Crippen LogP) is 3.59. The van der Waals surface area contributed by atoms with E-state index in [1.807, 2.05) is 18.2 Å². The van der Waals surface area contributed by atoms with E-state index in [1.165, 1.54) is 0 Å². The van der Waals surface area contributed by atoms with Crippen LogP contribution in [0.25, 0.3) is 0 Å². The number of ether oxygens (including phenoxy) is 3. The molecule has 0 amide bonds. The van der Waals surface area contributed by atoms with Gasteiger partial charge in [-0.1, -0.05) is 19.9 Å². The second-order valence-electron chi connectivity index (χ2n) is 6.23. The highest BCUT2D eigenvalue weighted by Crippen LogP contribution is 2.30. The molecule has 136 valence electrons. The molecular formula is C18H29NO5. The summed E-state index contributed by atoms with van der Waals surface area (Å²) < 4.78 is 16.2. The molecule has 0 heterocycles. The molecule has 1 rings (SSSR count). The molecule has 6 heteroatoms. The first-order valence-electron chi connectivity index (χ1n) is 8.38. The van der Waals surface area contributed by atoms with Crippen LogP contribution in [-0.2, 0) is 11.2 Å². The SMILES string of the molecule is COCCCOc1cc(CC(CC[N+](=O)[O-])C(C)C)ccc1OC. The van der Waals surface area contributed by atoms with E-state index >= 15 is 0 Å². The van der Waals surface area contributed by atoms with Crippen LogP contribution in [-0.4, -0.2) is 38.9 Å². The lowest BCUT2D eigenvalue weighted by molar-refractivity contribution is -0.481. The third kappa shape index (κ3) is 7.17. The van der Waals surface area contributed by atoms with Crippen LogP contribution in [0.3, 0.4) is 0 Å². The van der Waals surface area contributed by atoms with Crippen LogP contribution in [0.2, 0.25) is 0 Å². The maximum absolute atomic E-state index is 10.6. The van der Waals surface area contributed by atoms with Crippen molar-refractivity contribution in [2.24, 2.45) is 11.8 Å². The Balaban J connectivity index is 2.76. The second-order valence-corrected chi connectivity index (χ2v) is 6.23. The average Bonchev–Trinajstić information content (AvgIpc) is 2.55. The predicted molar refractivity (Wildman–Crippen MR) is 93.5 cm³/mol. The molecule has 0 radical (unpaired) electrons. The van der Waals surface area contributed by atoms with Crippen LogP contribution >= 0.6 is 0 Å². The summed E-state index contributed by atoms with van der Waals surface area (Å²) in [5.41, 5.74) is 1.11. The number of hydrogen-bond donors (Lipinski definition) is 0. The van der Waals surface area contributed by atoms with Gasteiger partial charge in [0.15, 0.2) is 11.5 Å². The zero-order valence-corrected chi connectivity index (χ0v) is 15.1. The zero-order valence-electron chi connectivity index (χ0n) is 15.1. The van der Waals surface area contributed by atoms with E-state index in [0.717, 1.165) is 18.4 Å². The summed E-state index contributed by atoms with van der Waals surface area (Å²) >= 11 is 0. The first-order valence-corrected chi connectivity index (χ1v) is 8.38. The Kier molecular flexibility index (Phi) is 9.15. The molecule has 1 aromatic rings. The molecule has 1 aromatic carbocycles. The molecule has 0 saturated heterocycles. The van der Waals surface area contributed by atoms with Crippen molar-refractivity contribution in [3.63, 3.8) is 0 Å². The van der Waals surface area contributed by atoms with Gasteiger partial charge in [0, 0.05) is 31.5 Å². The van der Waals surface area contributed by atoms with Crippen LogP contribution in [0.15, 0.2) is 18.2 Å². The minimum absolute atomic E-state index is 0.0133. The molecule has 1 atom stereocenters. The van der Waals surface area contributed by atoms with Crippen LogP contribution in [0.1, 0.15) is 32.3 Å². The van der Waals surface area contributed by atoms with Gasteiger partial charge in [-0.25, -0.2) is 0 Å². The minimum atomic E-state index is -0.242. The van der Waals surface area contributed by atoms with Crippen LogP contribution in [0.4, 0.5) is 0 Å². The largest absolute Gasteiger partial charge is 0.493 e. The highest BCUT2D eigenvalue weighted by Gasteiger charge is 2.18. The highest BCUT2D eigenvalue weighted by atomic mass is 16.6. The van der Waals surface area contributed by atoms with Crippen LogP contribution < -0.4 is 9.47 Å². The van der Waals surface area contributed by atoms with E-state index in [1.54, 1.807) is 14.2 Å². The lowest BCUT2D eigenvalue weighted by Gasteiger charge is -2.20. The van der Waals surface area contributed by atoms with E-state index in [2.05, 4.69) is 13.8 Å². The lowest BCUT2D eigenvalue weighted by Crippen LogP contribution is -2.16. The van der Waals surface area contributed by atoms with Gasteiger partial charge in [-0.15, -0.1) is 0 Å². The molecule has 0 spiro atoms. The van der Waals surface area contributed by atoms with Crippen molar-refractivity contribution in [2.75, 3.05) is 34.0 Å². The van der Waals surface area contributed by atoms with E-state index in [0.29, 0.717) is 37.1 Å². The molecule has 0 aromatic heterocycles. The molecule has 1 unspecified atom stereocenters. The Morgan fingerprint density at radius 3 is 2.50 bits per heavy atom. The Labute approximate surface area is 144 Å². The van der Waals surface area contributed by atoms with Crippen LogP contribution in [0, 0.1) is 22.0 Å². The number of benzene rings is 1. The average molecular weight is 339 g/mol. The monoisotopic (exact) mass is 339 g/mol. The topological polar surface area (TPSA) is 70.8 Å². The zero-order chi connectivity index (χ0) is 17.9. The van der Waals surface area contributed by atoms with Gasteiger partial charge in [0.05, 0.1) is 13.7 Å². The Hall–Kier alpha value is -1.82. The summed E-state index contributed by atoms with van der Waals surface area (Å²) in [5, 5.41) is 10.6. The van der Waals surface area contributed by atoms with Gasteiger partial charge in [0.2, 0.25) is 6.54 Å². The van der Waals surface area contributed by atoms with Crippen molar-refractivity contribution in [1.29, 1.82) is 0 Å². The fourth-order valence-corrected chi connectivity index (χ4v) is 2.59. The molecule has 0 fully saturated rings. The summed E-state index contributed by atoms with van der Waals surface area (Å²) in [5.74, 6) is 2.06. The fraction of sp³-hybridized carbons (Fsp3) is 0.667. The van der Waals surface area contributed by atoms with E-state index < -0.39 is 0 Å². The second kappa shape index (κ2) is 10.9. The fourth-order valence-electron chi connectivity index (χ4n) is 2.59. The molecule has 6 nitrogen and oxygen atoms in total. The van der Waals surface area contributed by atoms with Gasteiger partial charge in [-0.05, 0) is 36.0 Å². The van der Waals surface area contributed by atoms with Gasteiger partial charge < -0.3 is 14.2 Å². The summed E-state index contributed by atoms with van der Waals surface area (Å²) in [7, 11) is 3.28. The smallest absolute Gasteiger partial charge is 0.204 e. The maximum atomic E-state index is 10.6. The normalized spacial score (nSPS) is 12.2. The maximum Gasteiger partial charge on any atom is 0.204 e. The molecule has 0 aliphatic rings. The summed E-state index contributed by atoms with van der Waals surface area (Å²) in [6.07, 6.45) is 2.19. The first-order chi connectivity index (χ1) is 11.5. The molecule has 0 aliphatic heterocycles. The van der Waals surface area contributed by atoms with Gasteiger partial charge in [0.1, 0.15) is 0 Å². The van der Waals surface area contributed by atoms with Gasteiger partial charge in [-0.3, -0.25) is 10.1 Å². The van der Waals surface area contributed by atoms with Crippen molar-refractivity contribution in [1.82, 2.24) is 0 Å². The first kappa shape index (κ1) is 20.2. The number of nitrogens with zero attached hydrogens (tertiary/aromatic N) is 1. The lowest BCUT2D eigenvalue weighted by atomic mass is 9.86. The summed E-state index contributed by atoms with van der Waals surface area (Å²) in [6, 6.07) is 5.88. The quantitative estimate of drug-likeness (QED) is 0.331. The molecule has 24 heavy (non-hydrogen) atoms. The van der Waals surface area contributed by atoms with E-state index in [4.69, 9.17) is 14.2 Å². The van der Waals surface area contributed by atoms with E-state index in [-0.39, 0.29) is 17.4 Å². The summed E-state index contributed by atoms with van der Waals surface area (Å²) in [4.78, 5) is 10.4. The van der Waals surface area contributed by atoms with Crippen molar-refractivity contribution in [3.05, 3.63) is 33.9 Å². The third-order valence-electron chi connectivity index (χ3n) is 4.10. The Morgan fingerprint density at radius 1 is 1.17 bits per heavy atom. The highest BCUT2D eigenvalue weighted by molar-refractivity contribution is 5.43. The van der Waals surface area contributed by atoms with Gasteiger partial charge in [-0.2, -0.15) is 0 Å². The van der Waals surface area contributed by atoms with Gasteiger partial charge >= 0.3 is 0 Å². The Morgan fingerprint density at radius 2 is 1.92 bits per heavy atom. The van der Waals surface area contributed by atoms with Crippen molar-refractivity contribution in [2.45, 2.75) is 33.1 Å². The minimum Gasteiger partial charge on any atom is -0.493 e. The summed E-state index contributed by atoms with van der Waals surface area (Å²) in [6.45, 7) is 5.44. The number of hydrogen-bond acceptors (Lipinski definition) is 5. The molecule has 0 bridgehead atoms. The third-order valence-corrected chi connectivity index (χ3v) is 4.10. The van der Waals surface area contributed by atoms with Crippen molar-refractivity contribution in [3.8, 4) is 11.5 Å². The van der Waals surface area contributed by atoms with Crippen LogP contribution in [0.5, 0.6) is 11.5 Å². The Bertz CT molecular complexity index is 504. The van der Waals surface area contributed by atoms with Gasteiger partial charge in [0.25, 0.3) is 0 Å². The van der Waals surface area contributed by atoms with Crippen molar-refractivity contribution < 1.29 is 19.1 Å². The van der Waals surface area contributed by atoms with Crippen molar-refractivity contribution >= 4 is 0 Å². The number of nitro groups is 1. The molecule has 0 aliphatic carbocycles. The molecule has 0 saturated carbocycles. The molecule has 0 N–H and O–H groups in total. The number of methoxy groups -OCH3 is 2. The number of rotatable bonds is 12.